The van der Waals surface area contributed by atoms with Crippen molar-refractivity contribution in [1.82, 2.24) is 0 Å². The molecule has 2 atom stereocenters. The van der Waals surface area contributed by atoms with Gasteiger partial charge in [0.05, 0.1) is 0 Å². The van der Waals surface area contributed by atoms with Gasteiger partial charge in [-0.05, 0) is 41.3 Å². The number of aryl methyl sites for hydroxylation is 1. The topological polar surface area (TPSA) is 0 Å². The first-order valence-electron chi connectivity index (χ1n) is 14.5. The van der Waals surface area contributed by atoms with Gasteiger partial charge in [-0.15, -0.1) is 22.7 Å². The SMILES string of the molecule is Cc1ccc(-c2cc(C3=C(c4cc(-c5ccccc5)sc4-c4ccccc4)C(F)(F)C(F)(F)C3(F)P)c(-c3ccccc3)s2)cc1. The van der Waals surface area contributed by atoms with E-state index < -0.39 is 28.4 Å². The van der Waals surface area contributed by atoms with Gasteiger partial charge < -0.3 is 0 Å². The Labute approximate surface area is 274 Å². The Morgan fingerprint density at radius 2 is 0.891 bits per heavy atom. The summed E-state index contributed by atoms with van der Waals surface area (Å²) >= 11 is 2.48. The Hall–Kier alpha value is -3.90. The largest absolute Gasteiger partial charge is 0.355 e. The molecular formula is C38H26F5PS2. The average Bonchev–Trinajstić information content (AvgIpc) is 3.72. The Bertz CT molecular complexity index is 2060. The van der Waals surface area contributed by atoms with Crippen LogP contribution < -0.4 is 0 Å². The number of hydrogen-bond acceptors (Lipinski definition) is 2. The predicted octanol–water partition coefficient (Wildman–Crippen LogP) is 12.5. The molecule has 0 N–H and O–H groups in total. The highest BCUT2D eigenvalue weighted by Gasteiger charge is 2.77. The zero-order valence-corrected chi connectivity index (χ0v) is 27.2. The van der Waals surface area contributed by atoms with Gasteiger partial charge >= 0.3 is 11.8 Å². The van der Waals surface area contributed by atoms with Crippen molar-refractivity contribution in [3.05, 3.63) is 144 Å². The first-order chi connectivity index (χ1) is 22.0. The zero-order valence-electron chi connectivity index (χ0n) is 24.4. The van der Waals surface area contributed by atoms with E-state index in [9.17, 15) is 0 Å². The molecule has 2 aromatic heterocycles. The van der Waals surface area contributed by atoms with Crippen LogP contribution in [-0.4, -0.2) is 17.3 Å². The monoisotopic (exact) mass is 672 g/mol. The summed E-state index contributed by atoms with van der Waals surface area (Å²) in [7, 11) is 1.46. The fourth-order valence-electron chi connectivity index (χ4n) is 5.88. The van der Waals surface area contributed by atoms with Crippen molar-refractivity contribution in [3.63, 3.8) is 0 Å². The highest BCUT2D eigenvalue weighted by molar-refractivity contribution is 7.21. The molecule has 0 spiro atoms. The van der Waals surface area contributed by atoms with Crippen molar-refractivity contribution in [1.29, 1.82) is 0 Å². The van der Waals surface area contributed by atoms with E-state index in [-0.39, 0.29) is 11.1 Å². The fraction of sp³-hybridized carbons (Fsp3) is 0.105. The van der Waals surface area contributed by atoms with E-state index in [1.54, 1.807) is 66.7 Å². The number of allylic oxidation sites excluding steroid dienone is 2. The highest BCUT2D eigenvalue weighted by atomic mass is 32.1. The van der Waals surface area contributed by atoms with Crippen LogP contribution in [0.4, 0.5) is 22.0 Å². The van der Waals surface area contributed by atoms with Gasteiger partial charge in [0.2, 0.25) is 5.41 Å². The molecule has 2 heterocycles. The van der Waals surface area contributed by atoms with Crippen LogP contribution in [0, 0.1) is 6.92 Å². The molecule has 0 nitrogen and oxygen atoms in total. The van der Waals surface area contributed by atoms with Gasteiger partial charge in [0.1, 0.15) is 0 Å². The van der Waals surface area contributed by atoms with Crippen molar-refractivity contribution in [3.8, 4) is 41.8 Å². The Balaban J connectivity index is 1.58. The molecular weight excluding hydrogens is 647 g/mol. The predicted molar refractivity (Wildman–Crippen MR) is 185 cm³/mol. The van der Waals surface area contributed by atoms with E-state index in [4.69, 9.17) is 0 Å². The quantitative estimate of drug-likeness (QED) is 0.122. The maximum absolute atomic E-state index is 16.9. The van der Waals surface area contributed by atoms with Crippen LogP contribution in [0.2, 0.25) is 0 Å². The van der Waals surface area contributed by atoms with E-state index in [0.717, 1.165) is 16.7 Å². The van der Waals surface area contributed by atoms with Gasteiger partial charge in [0.15, 0.2) is 0 Å². The molecule has 46 heavy (non-hydrogen) atoms. The number of benzene rings is 4. The molecule has 1 aliphatic rings. The molecule has 0 saturated heterocycles. The Kier molecular flexibility index (Phi) is 7.63. The van der Waals surface area contributed by atoms with Gasteiger partial charge in [-0.25, -0.2) is 4.39 Å². The molecule has 1 aliphatic carbocycles. The Morgan fingerprint density at radius 1 is 0.500 bits per heavy atom. The van der Waals surface area contributed by atoms with E-state index in [1.165, 1.54) is 38.0 Å². The molecule has 0 amide bonds. The van der Waals surface area contributed by atoms with Crippen LogP contribution in [0.15, 0.2) is 127 Å². The molecule has 4 aromatic carbocycles. The summed E-state index contributed by atoms with van der Waals surface area (Å²) in [6, 6.07) is 37.5. The van der Waals surface area contributed by atoms with Crippen molar-refractivity contribution < 1.29 is 22.0 Å². The second-order valence-electron chi connectivity index (χ2n) is 11.3. The summed E-state index contributed by atoms with van der Waals surface area (Å²) in [6.45, 7) is 1.94. The first kappa shape index (κ1) is 30.7. The smallest absolute Gasteiger partial charge is 0.227 e. The molecule has 0 fully saturated rings. The Morgan fingerprint density at radius 3 is 1.35 bits per heavy atom. The van der Waals surface area contributed by atoms with E-state index in [1.807, 2.05) is 61.5 Å². The lowest BCUT2D eigenvalue weighted by Gasteiger charge is -2.29. The third-order valence-corrected chi connectivity index (χ3v) is 11.4. The minimum Gasteiger partial charge on any atom is -0.227 e. The number of halogens is 5. The lowest BCUT2D eigenvalue weighted by molar-refractivity contribution is -0.195. The number of alkyl halides is 5. The van der Waals surface area contributed by atoms with Gasteiger partial charge in [-0.2, -0.15) is 17.6 Å². The van der Waals surface area contributed by atoms with Crippen molar-refractivity contribution in [2.45, 2.75) is 24.2 Å². The summed E-state index contributed by atoms with van der Waals surface area (Å²) < 4.78 is 81.7. The maximum atomic E-state index is 16.9. The molecule has 230 valence electrons. The summed E-state index contributed by atoms with van der Waals surface area (Å²) in [5.41, 5.74) is 1.91. The molecule has 8 heteroatoms. The van der Waals surface area contributed by atoms with E-state index in [2.05, 4.69) is 0 Å². The molecule has 0 saturated carbocycles. The second kappa shape index (κ2) is 11.4. The third kappa shape index (κ3) is 4.88. The van der Waals surface area contributed by atoms with Crippen molar-refractivity contribution in [2.24, 2.45) is 0 Å². The van der Waals surface area contributed by atoms with Gasteiger partial charge in [-0.1, -0.05) is 130 Å². The lowest BCUT2D eigenvalue weighted by Crippen LogP contribution is -2.48. The molecule has 0 radical (unpaired) electrons. The minimum atomic E-state index is -5.06. The van der Waals surface area contributed by atoms with Crippen LogP contribution in [-0.2, 0) is 0 Å². The van der Waals surface area contributed by atoms with Crippen LogP contribution in [0.3, 0.4) is 0 Å². The third-order valence-electron chi connectivity index (χ3n) is 8.25. The van der Waals surface area contributed by atoms with Crippen molar-refractivity contribution in [2.75, 3.05) is 0 Å². The standard InChI is InChI=1S/C38H26F5PS2/c1-23-17-19-25(20-18-23)31-22-29(35(46-31)27-15-9-4-10-16-27)33-32(36(39,40)38(42,43)37(33,41)44)28-21-30(24-11-5-2-6-12-24)45-34(28)26-13-7-3-8-14-26/h2-22H,44H2,1H3. The normalized spacial score (nSPS) is 18.7. The first-order valence-corrected chi connectivity index (χ1v) is 16.7. The minimum absolute atomic E-state index is 0.0163. The summed E-state index contributed by atoms with van der Waals surface area (Å²) in [5.74, 6) is -9.89. The lowest BCUT2D eigenvalue weighted by atomic mass is 9.92. The van der Waals surface area contributed by atoms with Gasteiger partial charge in [-0.3, -0.25) is 0 Å². The molecule has 0 bridgehead atoms. The van der Waals surface area contributed by atoms with E-state index >= 15 is 22.0 Å². The van der Waals surface area contributed by atoms with Crippen LogP contribution >= 0.6 is 31.9 Å². The van der Waals surface area contributed by atoms with Crippen LogP contribution in [0.25, 0.3) is 52.9 Å². The molecule has 2 unspecified atom stereocenters. The molecule has 6 aromatic rings. The fourth-order valence-corrected chi connectivity index (χ4v) is 8.71. The molecule has 7 rings (SSSR count). The number of thiophene rings is 2. The summed E-state index contributed by atoms with van der Waals surface area (Å²) in [5, 5.41) is -3.77. The highest BCUT2D eigenvalue weighted by Crippen LogP contribution is 2.68. The summed E-state index contributed by atoms with van der Waals surface area (Å²) in [6.07, 6.45) is 0. The van der Waals surface area contributed by atoms with E-state index in [0.29, 0.717) is 30.6 Å². The average molecular weight is 673 g/mol. The summed E-state index contributed by atoms with van der Waals surface area (Å²) in [4.78, 5) is 2.05. The van der Waals surface area contributed by atoms with Crippen LogP contribution in [0.1, 0.15) is 16.7 Å². The maximum Gasteiger partial charge on any atom is 0.355 e. The number of rotatable bonds is 6. The molecule has 0 aliphatic heterocycles. The van der Waals surface area contributed by atoms with Gasteiger partial charge in [0, 0.05) is 41.8 Å². The second-order valence-corrected chi connectivity index (χ2v) is 14.2. The zero-order chi connectivity index (χ0) is 32.3. The van der Waals surface area contributed by atoms with Crippen molar-refractivity contribution >= 4 is 43.1 Å². The number of hydrogen-bond donors (Lipinski definition) is 0. The van der Waals surface area contributed by atoms with Gasteiger partial charge in [0.25, 0.3) is 0 Å². The van der Waals surface area contributed by atoms with Crippen LogP contribution in [0.5, 0.6) is 0 Å².